The summed E-state index contributed by atoms with van der Waals surface area (Å²) in [6, 6.07) is 12.6. The van der Waals surface area contributed by atoms with Gasteiger partial charge in [0.25, 0.3) is 16.2 Å². The predicted molar refractivity (Wildman–Crippen MR) is 100 cm³/mol. The van der Waals surface area contributed by atoms with E-state index in [0.29, 0.717) is 12.2 Å². The second-order valence-corrected chi connectivity index (χ2v) is 5.95. The predicted octanol–water partition coefficient (Wildman–Crippen LogP) is 5.24. The van der Waals surface area contributed by atoms with E-state index in [2.05, 4.69) is 0 Å². The number of hydrogen-bond acceptors (Lipinski definition) is 5. The minimum absolute atomic E-state index is 0.0193. The minimum atomic E-state index is -0.736. The van der Waals surface area contributed by atoms with Crippen LogP contribution in [0.1, 0.15) is 23.7 Å². The molecule has 2 aromatic carbocycles. The van der Waals surface area contributed by atoms with Crippen LogP contribution in [0.4, 0.5) is 5.69 Å². The molecule has 0 spiro atoms. The number of hydrogen-bond donors (Lipinski definition) is 0. The zero-order valence-electron chi connectivity index (χ0n) is 13.5. The van der Waals surface area contributed by atoms with Crippen molar-refractivity contribution >= 4 is 51.0 Å². The molecule has 2 aromatic rings. The fraction of sp³-hybridized carbons (Fsp3) is 0.176. The minimum Gasteiger partial charge on any atom is -0.481 e. The van der Waals surface area contributed by atoms with E-state index in [0.717, 1.165) is 6.07 Å². The maximum Gasteiger partial charge on any atom is 0.270 e. The Morgan fingerprint density at radius 2 is 1.77 bits per heavy atom. The highest BCUT2D eigenvalue weighted by molar-refractivity contribution is 6.68. The van der Waals surface area contributed by atoms with E-state index in [1.165, 1.54) is 12.1 Å². The molecule has 26 heavy (non-hydrogen) atoms. The van der Waals surface area contributed by atoms with E-state index in [1.807, 2.05) is 25.1 Å². The van der Waals surface area contributed by atoms with Crippen LogP contribution in [0.5, 0.6) is 5.75 Å². The van der Waals surface area contributed by atoms with E-state index in [4.69, 9.17) is 39.5 Å². The summed E-state index contributed by atoms with van der Waals surface area (Å²) in [5.74, 6) is 0.670. The summed E-state index contributed by atoms with van der Waals surface area (Å²) in [5, 5.41) is 9.06. The number of nitro groups is 1. The molecule has 0 aliphatic carbocycles. The standard InChI is InChI=1S/C10H11ClO2.C7H3Cl2NO3/c1-2-9(10(11)12)13-8-6-4-3-5-7-8;8-6-3-4(10(12)13)1-2-5(6)7(9)11/h3-7,9H,2H2,1H3;1-3H. The molecule has 0 fully saturated rings. The summed E-state index contributed by atoms with van der Waals surface area (Å²) in [4.78, 5) is 31.1. The maximum atomic E-state index is 10.8. The van der Waals surface area contributed by atoms with Crippen LogP contribution in [0.25, 0.3) is 0 Å². The quantitative estimate of drug-likeness (QED) is 0.364. The lowest BCUT2D eigenvalue weighted by molar-refractivity contribution is -0.384. The van der Waals surface area contributed by atoms with Gasteiger partial charge in [-0.05, 0) is 47.8 Å². The average Bonchev–Trinajstić information content (AvgIpc) is 2.60. The lowest BCUT2D eigenvalue weighted by Gasteiger charge is -2.12. The molecule has 0 aliphatic heterocycles. The van der Waals surface area contributed by atoms with Crippen LogP contribution in [-0.2, 0) is 4.79 Å². The Bertz CT molecular complexity index is 783. The zero-order chi connectivity index (χ0) is 19.7. The van der Waals surface area contributed by atoms with Crippen molar-refractivity contribution in [1.82, 2.24) is 0 Å². The van der Waals surface area contributed by atoms with Gasteiger partial charge in [-0.25, -0.2) is 0 Å². The summed E-state index contributed by atoms with van der Waals surface area (Å²) >= 11 is 16.0. The summed E-state index contributed by atoms with van der Waals surface area (Å²) in [7, 11) is 0. The number of carbonyl (C=O) groups is 2. The summed E-state index contributed by atoms with van der Waals surface area (Å²) < 4.78 is 5.34. The Labute approximate surface area is 164 Å². The van der Waals surface area contributed by atoms with Crippen LogP contribution in [0.3, 0.4) is 0 Å². The lowest BCUT2D eigenvalue weighted by atomic mass is 10.2. The SMILES string of the molecule is CCC(Oc1ccccc1)C(=O)Cl.O=C(Cl)c1ccc([N+](=O)[O-])cc1Cl. The van der Waals surface area contributed by atoms with Gasteiger partial charge in [-0.1, -0.05) is 36.7 Å². The van der Waals surface area contributed by atoms with Gasteiger partial charge >= 0.3 is 0 Å². The van der Waals surface area contributed by atoms with Gasteiger partial charge in [0.2, 0.25) is 0 Å². The van der Waals surface area contributed by atoms with Gasteiger partial charge in [-0.3, -0.25) is 19.7 Å². The number of benzene rings is 2. The summed E-state index contributed by atoms with van der Waals surface area (Å²) in [5.41, 5.74) is -0.111. The number of carbonyl (C=O) groups excluding carboxylic acids is 2. The van der Waals surface area contributed by atoms with E-state index in [1.54, 1.807) is 12.1 Å². The summed E-state index contributed by atoms with van der Waals surface area (Å²) in [6.07, 6.45) is 0.0427. The first-order valence-electron chi connectivity index (χ1n) is 7.31. The molecule has 0 radical (unpaired) electrons. The monoisotopic (exact) mass is 417 g/mol. The molecule has 0 bridgehead atoms. The van der Waals surface area contributed by atoms with Crippen molar-refractivity contribution < 1.29 is 19.2 Å². The molecular formula is C17H14Cl3NO5. The number of nitrogens with zero attached hydrogens (tertiary/aromatic N) is 1. The second kappa shape index (κ2) is 10.8. The molecule has 138 valence electrons. The Morgan fingerprint density at radius 3 is 2.19 bits per heavy atom. The van der Waals surface area contributed by atoms with E-state index in [9.17, 15) is 19.7 Å². The molecule has 0 saturated carbocycles. The van der Waals surface area contributed by atoms with Crippen molar-refractivity contribution in [3.63, 3.8) is 0 Å². The third-order valence-electron chi connectivity index (χ3n) is 3.02. The normalized spacial score (nSPS) is 10.9. The van der Waals surface area contributed by atoms with Gasteiger partial charge in [-0.2, -0.15) is 0 Å². The molecule has 9 heteroatoms. The van der Waals surface area contributed by atoms with Crippen LogP contribution >= 0.6 is 34.8 Å². The van der Waals surface area contributed by atoms with Crippen molar-refractivity contribution in [2.75, 3.05) is 0 Å². The number of halogens is 3. The van der Waals surface area contributed by atoms with Crippen LogP contribution < -0.4 is 4.74 Å². The second-order valence-electron chi connectivity index (χ2n) is 4.83. The fourth-order valence-corrected chi connectivity index (χ4v) is 2.40. The molecule has 0 saturated heterocycles. The molecule has 0 heterocycles. The maximum absolute atomic E-state index is 10.8. The van der Waals surface area contributed by atoms with Crippen molar-refractivity contribution in [1.29, 1.82) is 0 Å². The Kier molecular flexibility index (Phi) is 9.05. The van der Waals surface area contributed by atoms with Gasteiger partial charge in [0, 0.05) is 12.1 Å². The van der Waals surface area contributed by atoms with Gasteiger partial charge in [0.1, 0.15) is 5.75 Å². The third kappa shape index (κ3) is 7.00. The highest BCUT2D eigenvalue weighted by Gasteiger charge is 2.15. The number of nitro benzene ring substituents is 1. The van der Waals surface area contributed by atoms with E-state index in [-0.39, 0.29) is 16.3 Å². The van der Waals surface area contributed by atoms with Gasteiger partial charge < -0.3 is 4.74 Å². The topological polar surface area (TPSA) is 86.5 Å². The fourth-order valence-electron chi connectivity index (χ4n) is 1.73. The van der Waals surface area contributed by atoms with Crippen molar-refractivity contribution in [2.45, 2.75) is 19.4 Å². The zero-order valence-corrected chi connectivity index (χ0v) is 15.8. The Morgan fingerprint density at radius 1 is 1.15 bits per heavy atom. The number of non-ortho nitro benzene ring substituents is 1. The third-order valence-corrected chi connectivity index (χ3v) is 3.78. The van der Waals surface area contributed by atoms with Crippen LogP contribution in [0.2, 0.25) is 5.02 Å². The number of para-hydroxylation sites is 1. The first kappa shape index (κ1) is 21.9. The number of ether oxygens (including phenoxy) is 1. The molecular weight excluding hydrogens is 405 g/mol. The Balaban J connectivity index is 0.000000260. The lowest BCUT2D eigenvalue weighted by Crippen LogP contribution is -2.22. The highest BCUT2D eigenvalue weighted by Crippen LogP contribution is 2.23. The van der Waals surface area contributed by atoms with Gasteiger partial charge in [0.05, 0.1) is 15.5 Å². The molecule has 0 aromatic heterocycles. The Hall–Kier alpha value is -2.15. The average molecular weight is 419 g/mol. The molecule has 0 amide bonds. The smallest absolute Gasteiger partial charge is 0.270 e. The van der Waals surface area contributed by atoms with Gasteiger partial charge in [-0.15, -0.1) is 0 Å². The van der Waals surface area contributed by atoms with Crippen LogP contribution in [0, 0.1) is 10.1 Å². The van der Waals surface area contributed by atoms with Crippen molar-refractivity contribution in [3.05, 3.63) is 69.2 Å². The van der Waals surface area contributed by atoms with E-state index < -0.39 is 21.5 Å². The molecule has 6 nitrogen and oxygen atoms in total. The molecule has 0 aliphatic rings. The molecule has 0 N–H and O–H groups in total. The number of rotatable bonds is 6. The van der Waals surface area contributed by atoms with E-state index >= 15 is 0 Å². The van der Waals surface area contributed by atoms with Gasteiger partial charge in [0.15, 0.2) is 6.10 Å². The summed E-state index contributed by atoms with van der Waals surface area (Å²) in [6.45, 7) is 1.86. The van der Waals surface area contributed by atoms with Crippen LogP contribution in [-0.4, -0.2) is 21.5 Å². The molecule has 2 rings (SSSR count). The van der Waals surface area contributed by atoms with Crippen molar-refractivity contribution in [2.24, 2.45) is 0 Å². The highest BCUT2D eigenvalue weighted by atomic mass is 35.5. The molecule has 1 unspecified atom stereocenters. The van der Waals surface area contributed by atoms with Crippen LogP contribution in [0.15, 0.2) is 48.5 Å². The first-order chi connectivity index (χ1) is 12.3. The van der Waals surface area contributed by atoms with Crippen molar-refractivity contribution in [3.8, 4) is 5.75 Å². The largest absolute Gasteiger partial charge is 0.481 e. The molecule has 1 atom stereocenters. The first-order valence-corrected chi connectivity index (χ1v) is 8.44.